The Bertz CT molecular complexity index is 729. The normalized spacial score (nSPS) is 18.6. The summed E-state index contributed by atoms with van der Waals surface area (Å²) < 4.78 is 0. The third-order valence-electron chi connectivity index (χ3n) is 5.43. The summed E-state index contributed by atoms with van der Waals surface area (Å²) in [5.41, 5.74) is 7.18. The molecule has 3 atom stereocenters. The molecule has 5 N–H and O–H groups in total. The van der Waals surface area contributed by atoms with Crippen molar-refractivity contribution in [2.24, 2.45) is 23.5 Å². The Morgan fingerprint density at radius 2 is 1.96 bits per heavy atom. The van der Waals surface area contributed by atoms with Gasteiger partial charge >= 0.3 is 0 Å². The van der Waals surface area contributed by atoms with Crippen LogP contribution in [0.4, 0.5) is 0 Å². The van der Waals surface area contributed by atoms with E-state index in [0.717, 1.165) is 11.1 Å². The van der Waals surface area contributed by atoms with Gasteiger partial charge in [0.05, 0.1) is 18.6 Å². The molecule has 1 unspecified atom stereocenters. The van der Waals surface area contributed by atoms with E-state index in [2.05, 4.69) is 0 Å². The van der Waals surface area contributed by atoms with E-state index in [9.17, 15) is 29.7 Å². The zero-order chi connectivity index (χ0) is 20.1. The number of hydrogen-bond acceptors (Lipinski definition) is 6. The predicted molar refractivity (Wildman–Crippen MR) is 98.2 cm³/mol. The van der Waals surface area contributed by atoms with Crippen molar-refractivity contribution in [1.82, 2.24) is 0 Å². The Labute approximate surface area is 158 Å². The van der Waals surface area contributed by atoms with E-state index in [1.807, 2.05) is 6.92 Å². The number of rotatable bonds is 9. The molecule has 0 saturated heterocycles. The minimum atomic E-state index is -0.800. The molecule has 1 aromatic rings. The molecule has 0 aliphatic heterocycles. The quantitative estimate of drug-likeness (QED) is 0.472. The van der Waals surface area contributed by atoms with Crippen molar-refractivity contribution >= 4 is 17.5 Å². The molecule has 0 bridgehead atoms. The number of phenolic OH excluding ortho intramolecular Hbond substituents is 1. The molecule has 0 spiro atoms. The van der Waals surface area contributed by atoms with Gasteiger partial charge in [-0.3, -0.25) is 14.4 Å². The van der Waals surface area contributed by atoms with Crippen LogP contribution in [0.2, 0.25) is 0 Å². The number of amides is 1. The molecule has 0 heterocycles. The van der Waals surface area contributed by atoms with E-state index >= 15 is 0 Å². The fourth-order valence-corrected chi connectivity index (χ4v) is 4.10. The number of Topliss-reactive ketones (excluding diaryl/α,β-unsaturated/α-hetero) is 2. The predicted octanol–water partition coefficient (Wildman–Crippen LogP) is 0.887. The van der Waals surface area contributed by atoms with Gasteiger partial charge in [0.25, 0.3) is 0 Å². The summed E-state index contributed by atoms with van der Waals surface area (Å²) in [6, 6.07) is 3.28. The summed E-state index contributed by atoms with van der Waals surface area (Å²) in [7, 11) is 0. The van der Waals surface area contributed by atoms with Crippen LogP contribution >= 0.6 is 0 Å². The third-order valence-corrected chi connectivity index (χ3v) is 5.43. The zero-order valence-electron chi connectivity index (χ0n) is 15.5. The van der Waals surface area contributed by atoms with Gasteiger partial charge in [-0.05, 0) is 55.2 Å². The average Bonchev–Trinajstić information content (AvgIpc) is 2.58. The highest BCUT2D eigenvalue weighted by Gasteiger charge is 2.34. The number of carbonyl (C=O) groups is 3. The lowest BCUT2D eigenvalue weighted by atomic mass is 9.73. The third kappa shape index (κ3) is 4.93. The van der Waals surface area contributed by atoms with Crippen molar-refractivity contribution < 1.29 is 29.7 Å². The molecule has 148 valence electrons. The molecule has 0 aromatic heterocycles. The summed E-state index contributed by atoms with van der Waals surface area (Å²) in [5, 5.41) is 29.1. The van der Waals surface area contributed by atoms with Crippen molar-refractivity contribution in [2.45, 2.75) is 39.0 Å². The summed E-state index contributed by atoms with van der Waals surface area (Å²) in [4.78, 5) is 35.9. The van der Waals surface area contributed by atoms with Crippen LogP contribution in [0.15, 0.2) is 12.1 Å². The molecule has 1 aliphatic rings. The molecule has 0 radical (unpaired) electrons. The highest BCUT2D eigenvalue weighted by molar-refractivity contribution is 6.01. The molecule has 1 aliphatic carbocycles. The van der Waals surface area contributed by atoms with E-state index in [4.69, 9.17) is 5.73 Å². The van der Waals surface area contributed by atoms with Crippen LogP contribution in [0.25, 0.3) is 0 Å². The number of ketones is 2. The number of aryl methyl sites for hydroxylation is 1. The fraction of sp³-hybridized carbons (Fsp3) is 0.550. The number of carbonyl (C=O) groups excluding carboxylic acids is 3. The Balaban J connectivity index is 2.21. The minimum Gasteiger partial charge on any atom is -0.507 e. The lowest BCUT2D eigenvalue weighted by molar-refractivity contribution is -0.131. The number of phenols is 1. The summed E-state index contributed by atoms with van der Waals surface area (Å²) >= 11 is 0. The summed E-state index contributed by atoms with van der Waals surface area (Å²) in [6.45, 7) is 1.28. The molecule has 1 amide bonds. The number of primary amides is 1. The van der Waals surface area contributed by atoms with Gasteiger partial charge in [-0.1, -0.05) is 6.07 Å². The molecule has 1 aromatic carbocycles. The first kappa shape index (κ1) is 21.1. The van der Waals surface area contributed by atoms with Crippen LogP contribution in [-0.4, -0.2) is 46.0 Å². The Hall–Kier alpha value is -2.25. The van der Waals surface area contributed by atoms with Gasteiger partial charge in [-0.2, -0.15) is 0 Å². The van der Waals surface area contributed by atoms with Crippen molar-refractivity contribution in [2.75, 3.05) is 13.2 Å². The zero-order valence-corrected chi connectivity index (χ0v) is 15.5. The number of hydrogen-bond donors (Lipinski definition) is 4. The van der Waals surface area contributed by atoms with E-state index in [1.54, 1.807) is 6.07 Å². The maximum Gasteiger partial charge on any atom is 0.224 e. The van der Waals surface area contributed by atoms with Gasteiger partial charge in [-0.15, -0.1) is 0 Å². The molecule has 0 fully saturated rings. The Kier molecular flexibility index (Phi) is 7.10. The second-order valence-electron chi connectivity index (χ2n) is 7.36. The monoisotopic (exact) mass is 377 g/mol. The van der Waals surface area contributed by atoms with Crippen molar-refractivity contribution in [1.29, 1.82) is 0 Å². The largest absolute Gasteiger partial charge is 0.507 e. The first-order chi connectivity index (χ1) is 12.8. The lowest BCUT2D eigenvalue weighted by Crippen LogP contribution is -2.33. The van der Waals surface area contributed by atoms with Gasteiger partial charge in [0.1, 0.15) is 11.5 Å². The average molecular weight is 377 g/mol. The highest BCUT2D eigenvalue weighted by atomic mass is 16.3. The van der Waals surface area contributed by atoms with Crippen molar-refractivity contribution in [3.05, 3.63) is 28.8 Å². The number of aliphatic hydroxyl groups is 2. The van der Waals surface area contributed by atoms with Gasteiger partial charge in [-0.25, -0.2) is 0 Å². The SMILES string of the molecule is Cc1ccc(O)c2c1C[C@@H](C[C@@H](CCO)C(CO)C(=O)CC(N)=O)CC2=O. The van der Waals surface area contributed by atoms with E-state index in [1.165, 1.54) is 6.07 Å². The van der Waals surface area contributed by atoms with E-state index < -0.39 is 30.6 Å². The molecule has 7 nitrogen and oxygen atoms in total. The maximum atomic E-state index is 12.5. The fourth-order valence-electron chi connectivity index (χ4n) is 4.10. The Morgan fingerprint density at radius 1 is 1.26 bits per heavy atom. The van der Waals surface area contributed by atoms with E-state index in [-0.39, 0.29) is 42.8 Å². The smallest absolute Gasteiger partial charge is 0.224 e. The first-order valence-corrected chi connectivity index (χ1v) is 9.15. The van der Waals surface area contributed by atoms with Gasteiger partial charge in [0, 0.05) is 18.9 Å². The van der Waals surface area contributed by atoms with Crippen LogP contribution in [-0.2, 0) is 16.0 Å². The molecule has 2 rings (SSSR count). The number of aromatic hydroxyl groups is 1. The van der Waals surface area contributed by atoms with Crippen molar-refractivity contribution in [3.8, 4) is 5.75 Å². The number of benzene rings is 1. The molecule has 0 saturated carbocycles. The number of fused-ring (bicyclic) bond motifs is 1. The maximum absolute atomic E-state index is 12.5. The van der Waals surface area contributed by atoms with E-state index in [0.29, 0.717) is 18.4 Å². The van der Waals surface area contributed by atoms with Crippen LogP contribution < -0.4 is 5.73 Å². The van der Waals surface area contributed by atoms with Gasteiger partial charge in [0.15, 0.2) is 5.78 Å². The van der Waals surface area contributed by atoms with Crippen LogP contribution in [0, 0.1) is 24.7 Å². The molecular weight excluding hydrogens is 350 g/mol. The topological polar surface area (TPSA) is 138 Å². The lowest BCUT2D eigenvalue weighted by Gasteiger charge is -2.31. The summed E-state index contributed by atoms with van der Waals surface area (Å²) in [5.74, 6) is -2.59. The highest BCUT2D eigenvalue weighted by Crippen LogP contribution is 2.37. The molecule has 27 heavy (non-hydrogen) atoms. The second kappa shape index (κ2) is 9.10. The molecule has 7 heteroatoms. The Morgan fingerprint density at radius 3 is 2.56 bits per heavy atom. The van der Waals surface area contributed by atoms with Crippen molar-refractivity contribution in [3.63, 3.8) is 0 Å². The first-order valence-electron chi connectivity index (χ1n) is 9.15. The van der Waals surface area contributed by atoms with Crippen LogP contribution in [0.1, 0.15) is 47.2 Å². The van der Waals surface area contributed by atoms with Gasteiger partial charge < -0.3 is 21.1 Å². The minimum absolute atomic E-state index is 0.0178. The standard InChI is InChI=1S/C20H27NO6/c1-11-2-3-16(24)20-14(11)7-12(8-18(20)26)6-13(4-5-22)15(10-23)17(25)9-19(21)27/h2-3,12-13,15,22-24H,4-10H2,1H3,(H2,21,27)/t12-,13-,15?/m1/s1. The second-order valence-corrected chi connectivity index (χ2v) is 7.36. The number of nitrogens with two attached hydrogens (primary N) is 1. The van der Waals surface area contributed by atoms with Crippen LogP contribution in [0.5, 0.6) is 5.75 Å². The van der Waals surface area contributed by atoms with Gasteiger partial charge in [0.2, 0.25) is 5.91 Å². The number of aliphatic hydroxyl groups excluding tert-OH is 2. The molecular formula is C20H27NO6. The van der Waals surface area contributed by atoms with Crippen LogP contribution in [0.3, 0.4) is 0 Å². The summed E-state index contributed by atoms with van der Waals surface area (Å²) in [6.07, 6.45) is 1.09.